The number of benzene rings is 2. The molecule has 0 aromatic heterocycles. The third-order valence-electron chi connectivity index (χ3n) is 6.65. The van der Waals surface area contributed by atoms with E-state index in [0.29, 0.717) is 31.6 Å². The van der Waals surface area contributed by atoms with Gasteiger partial charge in [-0.15, -0.1) is 0 Å². The van der Waals surface area contributed by atoms with Crippen LogP contribution in [0.4, 0.5) is 17.1 Å². The molecule has 4 rings (SSSR count). The molecule has 7 heteroatoms. The van der Waals surface area contributed by atoms with Crippen molar-refractivity contribution in [2.45, 2.75) is 39.2 Å². The van der Waals surface area contributed by atoms with Crippen LogP contribution >= 0.6 is 0 Å². The van der Waals surface area contributed by atoms with Gasteiger partial charge in [-0.25, -0.2) is 0 Å². The number of hydrogen-bond donors (Lipinski definition) is 1. The number of likely N-dealkylation sites (tertiary alicyclic amines) is 1. The molecule has 1 amide bonds. The van der Waals surface area contributed by atoms with Crippen LogP contribution in [0.3, 0.4) is 0 Å². The summed E-state index contributed by atoms with van der Waals surface area (Å²) < 4.78 is 0. The highest BCUT2D eigenvalue weighted by atomic mass is 16.6. The highest BCUT2D eigenvalue weighted by molar-refractivity contribution is 5.92. The van der Waals surface area contributed by atoms with Crippen molar-refractivity contribution in [3.63, 3.8) is 0 Å². The highest BCUT2D eigenvalue weighted by Crippen LogP contribution is 2.31. The van der Waals surface area contributed by atoms with Crippen molar-refractivity contribution in [2.24, 2.45) is 11.8 Å². The van der Waals surface area contributed by atoms with Crippen LogP contribution < -0.4 is 10.2 Å². The predicted octanol–water partition coefficient (Wildman–Crippen LogP) is 4.68. The van der Waals surface area contributed by atoms with Gasteiger partial charge in [0.05, 0.1) is 4.92 Å². The van der Waals surface area contributed by atoms with Gasteiger partial charge in [0.15, 0.2) is 0 Å². The maximum Gasteiger partial charge on any atom is 0.292 e. The number of carbonyl (C=O) groups is 1. The second kappa shape index (κ2) is 10.1. The molecule has 2 aliphatic heterocycles. The zero-order valence-electron chi connectivity index (χ0n) is 18.7. The highest BCUT2D eigenvalue weighted by Gasteiger charge is 2.28. The van der Waals surface area contributed by atoms with Crippen LogP contribution in [0, 0.1) is 22.0 Å². The summed E-state index contributed by atoms with van der Waals surface area (Å²) in [7, 11) is 0. The number of carbonyl (C=O) groups excluding carboxylic acids is 1. The number of nitrogens with zero attached hydrogens (tertiary/aromatic N) is 3. The van der Waals surface area contributed by atoms with Crippen LogP contribution in [0.1, 0.15) is 38.2 Å². The number of nitro benzene ring substituents is 1. The Hall–Kier alpha value is -2.93. The third kappa shape index (κ3) is 5.46. The van der Waals surface area contributed by atoms with Crippen molar-refractivity contribution in [2.75, 3.05) is 36.4 Å². The molecule has 2 heterocycles. The molecule has 1 N–H and O–H groups in total. The summed E-state index contributed by atoms with van der Waals surface area (Å²) in [5, 5.41) is 14.4. The lowest BCUT2D eigenvalue weighted by Gasteiger charge is -2.32. The van der Waals surface area contributed by atoms with Crippen molar-refractivity contribution < 1.29 is 9.72 Å². The Balaban J connectivity index is 1.28. The van der Waals surface area contributed by atoms with Gasteiger partial charge in [-0.3, -0.25) is 19.8 Å². The molecule has 2 aromatic rings. The van der Waals surface area contributed by atoms with E-state index < -0.39 is 0 Å². The standard InChI is InChI=1S/C25H32N4O3/c1-19-5-4-14-27(17-19)18-20-8-10-22(11-9-20)26-25(30)21-12-15-28(16-13-21)23-6-2-3-7-24(23)29(31)32/h2-3,6-11,19,21H,4-5,12-18H2,1H3,(H,26,30). The Morgan fingerprint density at radius 1 is 1.06 bits per heavy atom. The number of rotatable bonds is 6. The molecule has 7 nitrogen and oxygen atoms in total. The number of anilines is 2. The van der Waals surface area contributed by atoms with Crippen LogP contribution in [-0.2, 0) is 11.3 Å². The summed E-state index contributed by atoms with van der Waals surface area (Å²) in [6.07, 6.45) is 3.96. The molecular formula is C25H32N4O3. The molecule has 0 bridgehead atoms. The average Bonchev–Trinajstić information content (AvgIpc) is 2.80. The van der Waals surface area contributed by atoms with E-state index in [0.717, 1.165) is 31.2 Å². The lowest BCUT2D eigenvalue weighted by atomic mass is 9.95. The van der Waals surface area contributed by atoms with E-state index in [9.17, 15) is 14.9 Å². The number of nitro groups is 1. The van der Waals surface area contributed by atoms with E-state index in [1.165, 1.54) is 24.5 Å². The quantitative estimate of drug-likeness (QED) is 0.525. The summed E-state index contributed by atoms with van der Waals surface area (Å²) in [4.78, 5) is 28.3. The van der Waals surface area contributed by atoms with E-state index in [2.05, 4.69) is 29.3 Å². The Kier molecular flexibility index (Phi) is 7.05. The first kappa shape index (κ1) is 22.3. The van der Waals surface area contributed by atoms with E-state index in [-0.39, 0.29) is 22.4 Å². The fourth-order valence-corrected chi connectivity index (χ4v) is 4.89. The SMILES string of the molecule is CC1CCCN(Cc2ccc(NC(=O)C3CCN(c4ccccc4[N+](=O)[O-])CC3)cc2)C1. The second-order valence-corrected chi connectivity index (χ2v) is 9.18. The summed E-state index contributed by atoms with van der Waals surface area (Å²) in [5.74, 6) is 0.718. The van der Waals surface area contributed by atoms with Crippen LogP contribution in [0.25, 0.3) is 0 Å². The summed E-state index contributed by atoms with van der Waals surface area (Å²) >= 11 is 0. The molecular weight excluding hydrogens is 404 g/mol. The number of piperidine rings is 2. The molecule has 0 aliphatic carbocycles. The smallest absolute Gasteiger partial charge is 0.292 e. The molecule has 2 aromatic carbocycles. The zero-order chi connectivity index (χ0) is 22.5. The molecule has 2 fully saturated rings. The van der Waals surface area contributed by atoms with E-state index in [4.69, 9.17) is 0 Å². The molecule has 0 saturated carbocycles. The first-order chi connectivity index (χ1) is 15.5. The van der Waals surface area contributed by atoms with Gasteiger partial charge in [-0.2, -0.15) is 0 Å². The lowest BCUT2D eigenvalue weighted by Crippen LogP contribution is -2.38. The van der Waals surface area contributed by atoms with Gasteiger partial charge < -0.3 is 10.2 Å². The third-order valence-corrected chi connectivity index (χ3v) is 6.65. The second-order valence-electron chi connectivity index (χ2n) is 9.18. The van der Waals surface area contributed by atoms with Crippen LogP contribution in [0.5, 0.6) is 0 Å². The monoisotopic (exact) mass is 436 g/mol. The van der Waals surface area contributed by atoms with Crippen LogP contribution in [0.15, 0.2) is 48.5 Å². The molecule has 1 atom stereocenters. The first-order valence-electron chi connectivity index (χ1n) is 11.6. The number of nitrogens with one attached hydrogen (secondary N) is 1. The largest absolute Gasteiger partial charge is 0.366 e. The Bertz CT molecular complexity index is 938. The number of para-hydroxylation sites is 2. The topological polar surface area (TPSA) is 78.7 Å². The van der Waals surface area contributed by atoms with Gasteiger partial charge in [0, 0.05) is 43.9 Å². The van der Waals surface area contributed by atoms with Gasteiger partial charge in [0.1, 0.15) is 5.69 Å². The minimum Gasteiger partial charge on any atom is -0.366 e. The van der Waals surface area contributed by atoms with Crippen molar-refractivity contribution >= 4 is 23.0 Å². The van der Waals surface area contributed by atoms with Gasteiger partial charge >= 0.3 is 0 Å². The van der Waals surface area contributed by atoms with Gasteiger partial charge in [-0.05, 0) is 61.9 Å². The van der Waals surface area contributed by atoms with Crippen LogP contribution in [-0.4, -0.2) is 41.9 Å². The first-order valence-corrected chi connectivity index (χ1v) is 11.6. The fourth-order valence-electron chi connectivity index (χ4n) is 4.89. The maximum absolute atomic E-state index is 12.8. The van der Waals surface area contributed by atoms with Crippen molar-refractivity contribution in [3.8, 4) is 0 Å². The van der Waals surface area contributed by atoms with E-state index in [1.807, 2.05) is 23.1 Å². The zero-order valence-corrected chi connectivity index (χ0v) is 18.7. The number of amides is 1. The van der Waals surface area contributed by atoms with Gasteiger partial charge in [0.2, 0.25) is 5.91 Å². The molecule has 2 aliphatic rings. The normalized spacial score (nSPS) is 20.2. The maximum atomic E-state index is 12.8. The van der Waals surface area contributed by atoms with E-state index in [1.54, 1.807) is 12.1 Å². The minimum absolute atomic E-state index is 0.0322. The summed E-state index contributed by atoms with van der Waals surface area (Å²) in [5.41, 5.74) is 2.85. The van der Waals surface area contributed by atoms with Crippen molar-refractivity contribution in [1.82, 2.24) is 4.90 Å². The Morgan fingerprint density at radius 2 is 1.78 bits per heavy atom. The Morgan fingerprint density at radius 3 is 2.47 bits per heavy atom. The predicted molar refractivity (Wildman–Crippen MR) is 127 cm³/mol. The fraction of sp³-hybridized carbons (Fsp3) is 0.480. The van der Waals surface area contributed by atoms with E-state index >= 15 is 0 Å². The Labute approximate surface area is 189 Å². The van der Waals surface area contributed by atoms with Crippen molar-refractivity contribution in [3.05, 3.63) is 64.2 Å². The molecule has 32 heavy (non-hydrogen) atoms. The molecule has 170 valence electrons. The van der Waals surface area contributed by atoms with Gasteiger partial charge in [-0.1, -0.05) is 31.2 Å². The minimum atomic E-state index is -0.344. The van der Waals surface area contributed by atoms with Crippen molar-refractivity contribution in [1.29, 1.82) is 0 Å². The number of hydrogen-bond acceptors (Lipinski definition) is 5. The van der Waals surface area contributed by atoms with Crippen LogP contribution in [0.2, 0.25) is 0 Å². The molecule has 2 saturated heterocycles. The molecule has 1 unspecified atom stereocenters. The average molecular weight is 437 g/mol. The molecule has 0 radical (unpaired) electrons. The van der Waals surface area contributed by atoms with Gasteiger partial charge in [0.25, 0.3) is 5.69 Å². The summed E-state index contributed by atoms with van der Waals surface area (Å²) in [6.45, 7) is 6.86. The molecule has 0 spiro atoms. The summed E-state index contributed by atoms with van der Waals surface area (Å²) in [6, 6.07) is 15.0. The lowest BCUT2D eigenvalue weighted by molar-refractivity contribution is -0.384.